The van der Waals surface area contributed by atoms with Crippen molar-refractivity contribution in [1.29, 1.82) is 0 Å². The third-order valence-electron chi connectivity index (χ3n) is 2.27. The summed E-state index contributed by atoms with van der Waals surface area (Å²) in [6.07, 6.45) is 0. The SMILES string of the molecule is Cc1cc(CNC(=O)c2cc(Cl)ccc2F)on1. The Morgan fingerprint density at radius 3 is 2.94 bits per heavy atom. The van der Waals surface area contributed by atoms with Gasteiger partial charge in [-0.1, -0.05) is 16.8 Å². The molecule has 1 amide bonds. The quantitative estimate of drug-likeness (QED) is 0.931. The number of hydrogen-bond donors (Lipinski definition) is 1. The molecular formula is C12H10ClFN2O2. The van der Waals surface area contributed by atoms with E-state index in [9.17, 15) is 9.18 Å². The predicted octanol–water partition coefficient (Wildman–Crippen LogP) is 2.71. The van der Waals surface area contributed by atoms with Crippen molar-refractivity contribution in [2.75, 3.05) is 0 Å². The van der Waals surface area contributed by atoms with E-state index in [1.165, 1.54) is 12.1 Å². The number of benzene rings is 1. The summed E-state index contributed by atoms with van der Waals surface area (Å²) in [6.45, 7) is 1.91. The van der Waals surface area contributed by atoms with Crippen LogP contribution in [-0.2, 0) is 6.54 Å². The van der Waals surface area contributed by atoms with Crippen LogP contribution in [0.5, 0.6) is 0 Å². The Balaban J connectivity index is 2.05. The minimum absolute atomic E-state index is 0.0984. The monoisotopic (exact) mass is 268 g/mol. The number of nitrogens with one attached hydrogen (secondary N) is 1. The van der Waals surface area contributed by atoms with E-state index in [4.69, 9.17) is 16.1 Å². The van der Waals surface area contributed by atoms with Crippen LogP contribution in [0.2, 0.25) is 5.02 Å². The predicted molar refractivity (Wildman–Crippen MR) is 63.8 cm³/mol. The summed E-state index contributed by atoms with van der Waals surface area (Å²) in [7, 11) is 0. The van der Waals surface area contributed by atoms with Gasteiger partial charge in [-0.05, 0) is 25.1 Å². The molecule has 1 aromatic heterocycles. The zero-order chi connectivity index (χ0) is 13.1. The molecule has 1 N–H and O–H groups in total. The lowest BCUT2D eigenvalue weighted by Crippen LogP contribution is -2.23. The second-order valence-electron chi connectivity index (χ2n) is 3.74. The summed E-state index contributed by atoms with van der Waals surface area (Å²) < 4.78 is 18.3. The number of carbonyl (C=O) groups excluding carboxylic acids is 1. The third kappa shape index (κ3) is 2.87. The number of hydrogen-bond acceptors (Lipinski definition) is 3. The van der Waals surface area contributed by atoms with Crippen LogP contribution in [0.25, 0.3) is 0 Å². The van der Waals surface area contributed by atoms with E-state index < -0.39 is 11.7 Å². The maximum Gasteiger partial charge on any atom is 0.254 e. The number of amides is 1. The summed E-state index contributed by atoms with van der Waals surface area (Å²) in [5, 5.41) is 6.51. The van der Waals surface area contributed by atoms with Gasteiger partial charge in [-0.15, -0.1) is 0 Å². The Labute approximate surface area is 108 Å². The molecule has 94 valence electrons. The number of halogens is 2. The average Bonchev–Trinajstić information content (AvgIpc) is 2.75. The largest absolute Gasteiger partial charge is 0.359 e. The highest BCUT2D eigenvalue weighted by Gasteiger charge is 2.12. The molecule has 0 fully saturated rings. The van der Waals surface area contributed by atoms with Gasteiger partial charge in [0.25, 0.3) is 5.91 Å². The summed E-state index contributed by atoms with van der Waals surface area (Å²) in [5.41, 5.74) is 0.618. The zero-order valence-corrected chi connectivity index (χ0v) is 10.3. The maximum atomic E-state index is 13.4. The van der Waals surface area contributed by atoms with Gasteiger partial charge in [-0.3, -0.25) is 4.79 Å². The highest BCUT2D eigenvalue weighted by molar-refractivity contribution is 6.30. The first-order chi connectivity index (χ1) is 8.56. The zero-order valence-electron chi connectivity index (χ0n) is 9.54. The van der Waals surface area contributed by atoms with E-state index in [1.54, 1.807) is 13.0 Å². The Kier molecular flexibility index (Phi) is 3.62. The molecule has 2 rings (SSSR count). The number of nitrogens with zero attached hydrogens (tertiary/aromatic N) is 1. The van der Waals surface area contributed by atoms with Gasteiger partial charge in [0.05, 0.1) is 17.8 Å². The van der Waals surface area contributed by atoms with Crippen LogP contribution in [0.15, 0.2) is 28.8 Å². The van der Waals surface area contributed by atoms with Crippen LogP contribution in [0.1, 0.15) is 21.8 Å². The fourth-order valence-corrected chi connectivity index (χ4v) is 1.61. The van der Waals surface area contributed by atoms with Crippen molar-refractivity contribution in [3.8, 4) is 0 Å². The van der Waals surface area contributed by atoms with Crippen LogP contribution < -0.4 is 5.32 Å². The molecule has 0 unspecified atom stereocenters. The molecule has 0 radical (unpaired) electrons. The highest BCUT2D eigenvalue weighted by Crippen LogP contribution is 2.15. The first-order valence-corrected chi connectivity index (χ1v) is 5.59. The lowest BCUT2D eigenvalue weighted by molar-refractivity contribution is 0.0943. The van der Waals surface area contributed by atoms with E-state index in [0.717, 1.165) is 6.07 Å². The van der Waals surface area contributed by atoms with Crippen molar-refractivity contribution in [2.24, 2.45) is 0 Å². The van der Waals surface area contributed by atoms with Gasteiger partial charge in [0.2, 0.25) is 0 Å². The first-order valence-electron chi connectivity index (χ1n) is 5.21. The molecular weight excluding hydrogens is 259 g/mol. The molecule has 1 aromatic carbocycles. The van der Waals surface area contributed by atoms with Gasteiger partial charge in [0.15, 0.2) is 5.76 Å². The summed E-state index contributed by atoms with van der Waals surface area (Å²) in [6, 6.07) is 5.50. The van der Waals surface area contributed by atoms with Gasteiger partial charge < -0.3 is 9.84 Å². The maximum absolute atomic E-state index is 13.4. The molecule has 1 heterocycles. The van der Waals surface area contributed by atoms with Gasteiger partial charge >= 0.3 is 0 Å². The molecule has 0 spiro atoms. The van der Waals surface area contributed by atoms with Gasteiger partial charge in [-0.2, -0.15) is 0 Å². The standard InChI is InChI=1S/C12H10ClFN2O2/c1-7-4-9(18-16-7)6-15-12(17)10-5-8(13)2-3-11(10)14/h2-5H,6H2,1H3,(H,15,17). The fourth-order valence-electron chi connectivity index (χ4n) is 1.43. The minimum Gasteiger partial charge on any atom is -0.359 e. The molecule has 0 aliphatic heterocycles. The van der Waals surface area contributed by atoms with Crippen molar-refractivity contribution < 1.29 is 13.7 Å². The number of aromatic nitrogens is 1. The number of aryl methyl sites for hydroxylation is 1. The van der Waals surface area contributed by atoms with Gasteiger partial charge in [0, 0.05) is 11.1 Å². The molecule has 0 aliphatic rings. The fraction of sp³-hybridized carbons (Fsp3) is 0.167. The summed E-state index contributed by atoms with van der Waals surface area (Å²) in [5.74, 6) is -0.669. The lowest BCUT2D eigenvalue weighted by Gasteiger charge is -2.04. The lowest BCUT2D eigenvalue weighted by atomic mass is 10.2. The van der Waals surface area contributed by atoms with E-state index in [2.05, 4.69) is 10.5 Å². The minimum atomic E-state index is -0.620. The molecule has 0 aliphatic carbocycles. The smallest absolute Gasteiger partial charge is 0.254 e. The van der Waals surface area contributed by atoms with Crippen molar-refractivity contribution in [3.63, 3.8) is 0 Å². The second kappa shape index (κ2) is 5.18. The molecule has 18 heavy (non-hydrogen) atoms. The van der Waals surface area contributed by atoms with Crippen molar-refractivity contribution in [2.45, 2.75) is 13.5 Å². The Hall–Kier alpha value is -1.88. The molecule has 0 bridgehead atoms. The summed E-state index contributed by atoms with van der Waals surface area (Å²) in [4.78, 5) is 11.7. The van der Waals surface area contributed by atoms with Crippen LogP contribution in [0.3, 0.4) is 0 Å². The van der Waals surface area contributed by atoms with E-state index in [0.29, 0.717) is 16.5 Å². The van der Waals surface area contributed by atoms with Crippen LogP contribution in [0.4, 0.5) is 4.39 Å². The Morgan fingerprint density at radius 2 is 2.28 bits per heavy atom. The van der Waals surface area contributed by atoms with Crippen molar-refractivity contribution in [3.05, 3.63) is 52.1 Å². The molecule has 6 heteroatoms. The van der Waals surface area contributed by atoms with Gasteiger partial charge in [-0.25, -0.2) is 4.39 Å². The second-order valence-corrected chi connectivity index (χ2v) is 4.18. The van der Waals surface area contributed by atoms with Crippen LogP contribution >= 0.6 is 11.6 Å². The molecule has 2 aromatic rings. The summed E-state index contributed by atoms with van der Waals surface area (Å²) >= 11 is 5.71. The number of rotatable bonds is 3. The molecule has 4 nitrogen and oxygen atoms in total. The average molecular weight is 269 g/mol. The van der Waals surface area contributed by atoms with E-state index in [-0.39, 0.29) is 12.1 Å². The van der Waals surface area contributed by atoms with Crippen LogP contribution in [-0.4, -0.2) is 11.1 Å². The van der Waals surface area contributed by atoms with Crippen molar-refractivity contribution >= 4 is 17.5 Å². The van der Waals surface area contributed by atoms with E-state index >= 15 is 0 Å². The van der Waals surface area contributed by atoms with E-state index in [1.807, 2.05) is 0 Å². The Bertz CT molecular complexity index is 583. The highest BCUT2D eigenvalue weighted by atomic mass is 35.5. The first kappa shape index (κ1) is 12.6. The number of carbonyl (C=O) groups is 1. The Morgan fingerprint density at radius 1 is 1.50 bits per heavy atom. The normalized spacial score (nSPS) is 10.4. The van der Waals surface area contributed by atoms with Gasteiger partial charge in [0.1, 0.15) is 5.82 Å². The molecule has 0 saturated carbocycles. The van der Waals surface area contributed by atoms with Crippen molar-refractivity contribution in [1.82, 2.24) is 10.5 Å². The van der Waals surface area contributed by atoms with Crippen LogP contribution in [0, 0.1) is 12.7 Å². The molecule has 0 saturated heterocycles. The topological polar surface area (TPSA) is 55.1 Å². The molecule has 0 atom stereocenters. The third-order valence-corrected chi connectivity index (χ3v) is 2.51.